The van der Waals surface area contributed by atoms with Crippen LogP contribution in [0.3, 0.4) is 0 Å². The molecule has 0 bridgehead atoms. The van der Waals surface area contributed by atoms with Crippen LogP contribution >= 0.6 is 23.4 Å². The van der Waals surface area contributed by atoms with Crippen molar-refractivity contribution in [2.75, 3.05) is 12.9 Å². The molecule has 0 aliphatic rings. The molecule has 0 amide bonds. The minimum absolute atomic E-state index is 0.263. The lowest BCUT2D eigenvalue weighted by atomic mass is 10.2. The second kappa shape index (κ2) is 4.93. The summed E-state index contributed by atoms with van der Waals surface area (Å²) in [4.78, 5) is 11.6. The maximum Gasteiger partial charge on any atom is 0.339 e. The van der Waals surface area contributed by atoms with Gasteiger partial charge in [-0.05, 0) is 19.2 Å². The van der Waals surface area contributed by atoms with Crippen LogP contribution < -0.4 is 0 Å². The third-order valence-electron chi connectivity index (χ3n) is 2.17. The Morgan fingerprint density at radius 1 is 1.59 bits per heavy atom. The van der Waals surface area contributed by atoms with Crippen molar-refractivity contribution in [3.05, 3.63) is 22.8 Å². The topological polar surface area (TPSA) is 56.5 Å². The van der Waals surface area contributed by atoms with E-state index < -0.39 is 5.97 Å². The number of carbonyl (C=O) groups is 1. The molecule has 5 nitrogen and oxygen atoms in total. The molecule has 2 aromatic rings. The lowest BCUT2D eigenvalue weighted by Crippen LogP contribution is -2.06. The van der Waals surface area contributed by atoms with E-state index >= 15 is 0 Å². The van der Waals surface area contributed by atoms with Crippen LogP contribution in [0.15, 0.2) is 17.4 Å². The van der Waals surface area contributed by atoms with Crippen molar-refractivity contribution in [3.63, 3.8) is 0 Å². The van der Waals surface area contributed by atoms with Gasteiger partial charge in [-0.2, -0.15) is 0 Å². The fraction of sp³-hybridized carbons (Fsp3) is 0.300. The van der Waals surface area contributed by atoms with E-state index in [9.17, 15) is 4.79 Å². The van der Waals surface area contributed by atoms with Crippen molar-refractivity contribution in [3.8, 4) is 0 Å². The summed E-state index contributed by atoms with van der Waals surface area (Å²) in [6, 6.07) is 1.61. The van der Waals surface area contributed by atoms with E-state index in [1.54, 1.807) is 23.6 Å². The van der Waals surface area contributed by atoms with E-state index in [-0.39, 0.29) is 5.02 Å². The Hall–Kier alpha value is -1.27. The zero-order valence-corrected chi connectivity index (χ0v) is 10.9. The van der Waals surface area contributed by atoms with E-state index in [0.717, 1.165) is 5.16 Å². The smallest absolute Gasteiger partial charge is 0.339 e. The number of aromatic nitrogens is 3. The third kappa shape index (κ3) is 2.10. The van der Waals surface area contributed by atoms with Crippen molar-refractivity contribution in [1.82, 2.24) is 14.6 Å². The number of thioether (sulfide) groups is 1. The first-order valence-electron chi connectivity index (χ1n) is 4.93. The first-order chi connectivity index (χ1) is 8.19. The number of fused-ring (bicyclic) bond motifs is 1. The van der Waals surface area contributed by atoms with E-state index in [0.29, 0.717) is 17.8 Å². The van der Waals surface area contributed by atoms with Gasteiger partial charge in [0.1, 0.15) is 5.02 Å². The van der Waals surface area contributed by atoms with Gasteiger partial charge in [-0.15, -0.1) is 10.2 Å². The van der Waals surface area contributed by atoms with Crippen LogP contribution in [0.25, 0.3) is 5.65 Å². The van der Waals surface area contributed by atoms with Gasteiger partial charge in [0.2, 0.25) is 0 Å². The Kier molecular flexibility index (Phi) is 3.54. The predicted octanol–water partition coefficient (Wildman–Crippen LogP) is 2.28. The van der Waals surface area contributed by atoms with E-state index in [2.05, 4.69) is 10.2 Å². The Morgan fingerprint density at radius 2 is 2.35 bits per heavy atom. The van der Waals surface area contributed by atoms with Gasteiger partial charge in [0.15, 0.2) is 10.8 Å². The summed E-state index contributed by atoms with van der Waals surface area (Å²) < 4.78 is 6.64. The quantitative estimate of drug-likeness (QED) is 0.633. The molecule has 17 heavy (non-hydrogen) atoms. The molecule has 0 aliphatic heterocycles. The first-order valence-corrected chi connectivity index (χ1v) is 6.53. The number of halogens is 1. The number of nitrogens with zero attached hydrogens (tertiary/aromatic N) is 3. The highest BCUT2D eigenvalue weighted by Gasteiger charge is 2.17. The monoisotopic (exact) mass is 271 g/mol. The Labute approximate surface area is 107 Å². The lowest BCUT2D eigenvalue weighted by molar-refractivity contribution is 0.0526. The maximum atomic E-state index is 11.6. The Morgan fingerprint density at radius 3 is 3.00 bits per heavy atom. The number of ether oxygens (including phenoxy) is 1. The number of hydrogen-bond donors (Lipinski definition) is 0. The van der Waals surface area contributed by atoms with Gasteiger partial charge in [0, 0.05) is 6.20 Å². The third-order valence-corrected chi connectivity index (χ3v) is 3.18. The second-order valence-corrected chi connectivity index (χ2v) is 4.30. The summed E-state index contributed by atoms with van der Waals surface area (Å²) in [6.07, 6.45) is 3.60. The zero-order chi connectivity index (χ0) is 12.4. The molecule has 0 saturated heterocycles. The van der Waals surface area contributed by atoms with Gasteiger partial charge in [-0.1, -0.05) is 23.4 Å². The summed E-state index contributed by atoms with van der Waals surface area (Å²) in [5, 5.41) is 8.89. The van der Waals surface area contributed by atoms with E-state index in [1.165, 1.54) is 11.8 Å². The minimum Gasteiger partial charge on any atom is -0.462 e. The summed E-state index contributed by atoms with van der Waals surface area (Å²) in [7, 11) is 0. The number of hydrogen-bond acceptors (Lipinski definition) is 5. The van der Waals surface area contributed by atoms with Crippen molar-refractivity contribution in [2.24, 2.45) is 0 Å². The van der Waals surface area contributed by atoms with Gasteiger partial charge in [0.05, 0.1) is 12.2 Å². The van der Waals surface area contributed by atoms with Crippen molar-refractivity contribution in [1.29, 1.82) is 0 Å². The van der Waals surface area contributed by atoms with Gasteiger partial charge < -0.3 is 4.74 Å². The molecule has 2 aromatic heterocycles. The van der Waals surface area contributed by atoms with Crippen molar-refractivity contribution >= 4 is 35.0 Å². The summed E-state index contributed by atoms with van der Waals surface area (Å²) in [5.74, 6) is -0.450. The molecule has 0 aliphatic carbocycles. The average Bonchev–Trinajstić information content (AvgIpc) is 2.73. The van der Waals surface area contributed by atoms with E-state index in [1.807, 2.05) is 6.26 Å². The van der Waals surface area contributed by atoms with Crippen LogP contribution in [0.2, 0.25) is 5.02 Å². The zero-order valence-electron chi connectivity index (χ0n) is 9.31. The summed E-state index contributed by atoms with van der Waals surface area (Å²) in [5.41, 5.74) is 0.766. The number of rotatable bonds is 3. The van der Waals surface area contributed by atoms with Crippen LogP contribution in [-0.4, -0.2) is 33.4 Å². The first kappa shape index (κ1) is 12.2. The van der Waals surface area contributed by atoms with E-state index in [4.69, 9.17) is 16.3 Å². The van der Waals surface area contributed by atoms with Crippen LogP contribution in [0.5, 0.6) is 0 Å². The van der Waals surface area contributed by atoms with Gasteiger partial charge >= 0.3 is 5.97 Å². The SMILES string of the molecule is CCOC(=O)c1ccn2c(SC)nnc2c1Cl. The molecule has 0 aromatic carbocycles. The predicted molar refractivity (Wildman–Crippen MR) is 65.7 cm³/mol. The summed E-state index contributed by atoms with van der Waals surface area (Å²) >= 11 is 7.56. The minimum atomic E-state index is -0.450. The fourth-order valence-electron chi connectivity index (χ4n) is 1.41. The normalized spacial score (nSPS) is 10.8. The molecule has 7 heteroatoms. The molecule has 0 atom stereocenters. The fourth-order valence-corrected chi connectivity index (χ4v) is 2.14. The van der Waals surface area contributed by atoms with Crippen molar-refractivity contribution in [2.45, 2.75) is 12.1 Å². The number of carbonyl (C=O) groups excluding carboxylic acids is 1. The number of pyridine rings is 1. The standard InChI is InChI=1S/C10H10ClN3O2S/c1-3-16-9(15)6-4-5-14-8(7(6)11)12-13-10(14)17-2/h4-5H,3H2,1-2H3. The highest BCUT2D eigenvalue weighted by Crippen LogP contribution is 2.24. The molecular formula is C10H10ClN3O2S. The highest BCUT2D eigenvalue weighted by molar-refractivity contribution is 7.98. The lowest BCUT2D eigenvalue weighted by Gasteiger charge is -2.05. The Balaban J connectivity index is 2.54. The molecule has 0 saturated carbocycles. The largest absolute Gasteiger partial charge is 0.462 e. The molecule has 0 fully saturated rings. The van der Waals surface area contributed by atoms with Crippen LogP contribution in [0.4, 0.5) is 0 Å². The van der Waals surface area contributed by atoms with Gasteiger partial charge in [-0.3, -0.25) is 4.40 Å². The second-order valence-electron chi connectivity index (χ2n) is 3.14. The summed E-state index contributed by atoms with van der Waals surface area (Å²) in [6.45, 7) is 2.05. The van der Waals surface area contributed by atoms with Crippen molar-refractivity contribution < 1.29 is 9.53 Å². The average molecular weight is 272 g/mol. The van der Waals surface area contributed by atoms with Crippen LogP contribution in [0.1, 0.15) is 17.3 Å². The molecule has 0 radical (unpaired) electrons. The molecule has 90 valence electrons. The molecule has 2 rings (SSSR count). The molecule has 0 N–H and O–H groups in total. The van der Waals surface area contributed by atoms with Crippen LogP contribution in [-0.2, 0) is 4.74 Å². The van der Waals surface area contributed by atoms with Crippen LogP contribution in [0, 0.1) is 0 Å². The molecule has 2 heterocycles. The molecular weight excluding hydrogens is 262 g/mol. The van der Waals surface area contributed by atoms with Gasteiger partial charge in [0.25, 0.3) is 0 Å². The van der Waals surface area contributed by atoms with Gasteiger partial charge in [-0.25, -0.2) is 4.79 Å². The number of esters is 1. The highest BCUT2D eigenvalue weighted by atomic mass is 35.5. The Bertz CT molecular complexity index is 570. The molecule has 0 spiro atoms. The molecule has 0 unspecified atom stereocenters. The maximum absolute atomic E-state index is 11.6.